The molecule has 0 unspecified atom stereocenters. The van der Waals surface area contributed by atoms with Gasteiger partial charge in [0.2, 0.25) is 18.2 Å². The summed E-state index contributed by atoms with van der Waals surface area (Å²) in [7, 11) is -9.02. The van der Waals surface area contributed by atoms with Crippen LogP contribution in [-0.4, -0.2) is 160 Å². The minimum Gasteiger partial charge on any atom is -0.368 e. The molecule has 0 atom stereocenters. The zero-order valence-corrected chi connectivity index (χ0v) is 50.1. The summed E-state index contributed by atoms with van der Waals surface area (Å²) in [6, 6.07) is -0.0764. The second kappa shape index (κ2) is 39.8. The summed E-state index contributed by atoms with van der Waals surface area (Å²) < 4.78 is 12.6. The molecule has 0 fully saturated rings. The smallest absolute Gasteiger partial charge is 0.302 e. The van der Waals surface area contributed by atoms with E-state index in [-0.39, 0.29) is 31.4 Å². The number of carbonyl (C=O) groups is 3. The van der Waals surface area contributed by atoms with Gasteiger partial charge in [0.25, 0.3) is 0 Å². The van der Waals surface area contributed by atoms with Crippen molar-refractivity contribution in [1.29, 1.82) is 0 Å². The first kappa shape index (κ1) is 63.2. The maximum absolute atomic E-state index is 12.3. The van der Waals surface area contributed by atoms with Crippen LogP contribution in [0.4, 0.5) is 14.4 Å². The third-order valence-electron chi connectivity index (χ3n) is 6.09. The van der Waals surface area contributed by atoms with Crippen LogP contribution in [0.15, 0.2) is 15.0 Å². The van der Waals surface area contributed by atoms with Gasteiger partial charge in [-0.05, 0) is 0 Å². The molecule has 5 N–H and O–H groups in total. The highest BCUT2D eigenvalue weighted by molar-refractivity contribution is 6.71. The van der Waals surface area contributed by atoms with Crippen LogP contribution in [0.2, 0.25) is 131 Å². The summed E-state index contributed by atoms with van der Waals surface area (Å²) in [4.78, 5) is 83.0. The highest BCUT2D eigenvalue weighted by Gasteiger charge is 2.26. The predicted molar refractivity (Wildman–Crippen MR) is 265 cm³/mol. The van der Waals surface area contributed by atoms with E-state index in [9.17, 15) is 28.8 Å². The highest BCUT2D eigenvalue weighted by Crippen LogP contribution is 2.04. The third kappa shape index (κ3) is 46.4. The van der Waals surface area contributed by atoms with Gasteiger partial charge in [0.1, 0.15) is 60.4 Å². The first-order valence-electron chi connectivity index (χ1n) is 19.6. The third-order valence-corrected chi connectivity index (χ3v) is 24.2. The molecule has 0 saturated heterocycles. The van der Waals surface area contributed by atoms with Crippen molar-refractivity contribution >= 4 is 126 Å². The Morgan fingerprint density at radius 1 is 0.411 bits per heavy atom. The molecule has 0 heterocycles. The zero-order chi connectivity index (χ0) is 45.1. The summed E-state index contributed by atoms with van der Waals surface area (Å²) in [6.45, 7) is 44.0. The van der Waals surface area contributed by atoms with Gasteiger partial charge < -0.3 is 37.9 Å². The number of urea groups is 3. The lowest BCUT2D eigenvalue weighted by atomic mass is 10.9. The van der Waals surface area contributed by atoms with Crippen LogP contribution in [0.25, 0.3) is 0 Å². The Morgan fingerprint density at radius 3 is 0.839 bits per heavy atom. The molecule has 56 heavy (non-hydrogen) atoms. The second-order valence-electron chi connectivity index (χ2n) is 15.6. The summed E-state index contributed by atoms with van der Waals surface area (Å²) in [5.41, 5.74) is 0. The quantitative estimate of drug-likeness (QED) is 0.0667. The van der Waals surface area contributed by atoms with Gasteiger partial charge in [-0.1, -0.05) is 131 Å². The van der Waals surface area contributed by atoms with Crippen LogP contribution in [-0.2, 0) is 14.4 Å². The first-order valence-corrected chi connectivity index (χ1v) is 48.2. The Kier molecular flexibility index (Phi) is 45.0. The van der Waals surface area contributed by atoms with Gasteiger partial charge in [-0.25, -0.2) is 14.4 Å². The number of nitrogens with zero attached hydrogens (tertiary/aromatic N) is 6. The molecule has 0 aliphatic rings. The van der Waals surface area contributed by atoms with E-state index in [4.69, 9.17) is 0 Å². The zero-order valence-electron chi connectivity index (χ0n) is 38.5. The summed E-state index contributed by atoms with van der Waals surface area (Å²) in [5.74, 6) is 0. The fourth-order valence-corrected chi connectivity index (χ4v) is 20.4. The molecule has 0 saturated carbocycles. The van der Waals surface area contributed by atoms with Gasteiger partial charge in [0.15, 0.2) is 6.67 Å². The van der Waals surface area contributed by atoms with E-state index in [2.05, 4.69) is 144 Å². The van der Waals surface area contributed by atoms with E-state index < -0.39 is 89.6 Å². The Bertz CT molecular complexity index is 1110. The number of isocyanates is 3. The molecule has 0 aliphatic heterocycles. The molecule has 17 nitrogen and oxygen atoms in total. The fourth-order valence-electron chi connectivity index (χ4n) is 4.07. The van der Waals surface area contributed by atoms with E-state index in [0.717, 1.165) is 0 Å². The van der Waals surface area contributed by atoms with Crippen molar-refractivity contribution in [1.82, 2.24) is 37.9 Å². The largest absolute Gasteiger partial charge is 0.368 e. The van der Waals surface area contributed by atoms with Crippen molar-refractivity contribution < 1.29 is 28.8 Å². The second-order valence-corrected chi connectivity index (χ2v) is 43.8. The van der Waals surface area contributed by atoms with Gasteiger partial charge >= 0.3 is 18.1 Å². The van der Waals surface area contributed by atoms with Crippen LogP contribution < -0.4 is 24.2 Å². The van der Waals surface area contributed by atoms with Gasteiger partial charge in [-0.15, -0.1) is 0 Å². The molecule has 0 radical (unpaired) electrons. The summed E-state index contributed by atoms with van der Waals surface area (Å²) >= 11 is 0. The predicted octanol–water partition coefficient (Wildman–Crippen LogP) is 1.86. The number of nitrogens with one attached hydrogen (secondary N) is 5. The average molecular weight is 961 g/mol. The molecule has 0 rings (SSSR count). The Morgan fingerprint density at radius 2 is 0.661 bits per heavy atom. The molecule has 0 bridgehead atoms. The van der Waals surface area contributed by atoms with Crippen LogP contribution in [0, 0.1) is 0 Å². The van der Waals surface area contributed by atoms with E-state index in [1.165, 1.54) is 18.2 Å². The molecular formula is C29H81N11O6Si10. The van der Waals surface area contributed by atoms with Crippen LogP contribution in [0.1, 0.15) is 0 Å². The van der Waals surface area contributed by atoms with Crippen molar-refractivity contribution in [2.75, 3.05) is 20.0 Å². The number of hydrogen-bond acceptors (Lipinski definition) is 11. The van der Waals surface area contributed by atoms with Crippen molar-refractivity contribution in [2.45, 2.75) is 131 Å². The standard InChI is InChI=1S/C11H32N4O2Si4.C7H17N3O2Si2.2C4H15NSi2.C3H2N2O2/c1-18(2)12-10(16)14(20(5)6)9-15(21(7)8)11(17)13-19(3)4;1-13(2)9-7(12)10(14(3)4)5-8-6-11;2*1-6(2)5-7(3)4;6-2-4-1-5-3-7/h18-21H,9H2,1-8H3,(H,12,16)(H,13,17);13-14H,5H2,1-4H3,(H,9,12);2*5-7H,1-4H3;1H2. The van der Waals surface area contributed by atoms with E-state index in [1.54, 1.807) is 4.57 Å². The number of carbonyl (C=O) groups excluding carboxylic acids is 6. The maximum atomic E-state index is 12.3. The molecule has 0 aliphatic carbocycles. The molecular weight excluding hydrogens is 879 g/mol. The summed E-state index contributed by atoms with van der Waals surface area (Å²) in [6.07, 6.45) is 3.86. The average Bonchev–Trinajstić information content (AvgIpc) is 3.00. The van der Waals surface area contributed by atoms with Crippen molar-refractivity contribution in [3.8, 4) is 0 Å². The van der Waals surface area contributed by atoms with E-state index in [0.29, 0.717) is 6.67 Å². The number of amides is 6. The Hall–Kier alpha value is -1.96. The van der Waals surface area contributed by atoms with Crippen LogP contribution in [0.3, 0.4) is 0 Å². The molecule has 6 amide bonds. The van der Waals surface area contributed by atoms with E-state index >= 15 is 0 Å². The van der Waals surface area contributed by atoms with Gasteiger partial charge in [0, 0.05) is 0 Å². The Labute approximate surface area is 356 Å². The lowest BCUT2D eigenvalue weighted by Crippen LogP contribution is -2.59. The van der Waals surface area contributed by atoms with E-state index in [1.807, 2.05) is 35.3 Å². The number of hydrogen-bond donors (Lipinski definition) is 5. The molecule has 27 heteroatoms. The number of aliphatic imine (C=N–C) groups is 3. The van der Waals surface area contributed by atoms with Crippen LogP contribution >= 0.6 is 0 Å². The van der Waals surface area contributed by atoms with Crippen molar-refractivity contribution in [3.05, 3.63) is 0 Å². The molecule has 0 aromatic rings. The lowest BCUT2D eigenvalue weighted by Gasteiger charge is -2.36. The van der Waals surface area contributed by atoms with Gasteiger partial charge in [-0.2, -0.15) is 15.0 Å². The number of rotatable bonds is 16. The molecule has 328 valence electrons. The van der Waals surface area contributed by atoms with Crippen LogP contribution in [0.5, 0.6) is 0 Å². The first-order chi connectivity index (χ1) is 25.7. The Balaban J connectivity index is -0.000000212. The minimum absolute atomic E-state index is 0.00701. The fraction of sp³-hybridized carbons (Fsp3) is 0.793. The van der Waals surface area contributed by atoms with Gasteiger partial charge in [0.05, 0.1) is 42.5 Å². The molecule has 0 spiro atoms. The maximum Gasteiger partial charge on any atom is 0.302 e. The molecule has 0 aromatic carbocycles. The van der Waals surface area contributed by atoms with Crippen molar-refractivity contribution in [3.63, 3.8) is 0 Å². The van der Waals surface area contributed by atoms with Gasteiger partial charge in [-0.3, -0.25) is 14.4 Å². The lowest BCUT2D eigenvalue weighted by molar-refractivity contribution is 0.204. The monoisotopic (exact) mass is 959 g/mol. The highest BCUT2D eigenvalue weighted by atomic mass is 28.4. The molecule has 0 aromatic heterocycles. The van der Waals surface area contributed by atoms with Crippen molar-refractivity contribution in [2.24, 2.45) is 15.0 Å². The normalized spacial score (nSPS) is 10.2. The SMILES string of the molecule is C[SiH](C)NC(=O)N(CN(C(=O)N[SiH](C)C)[SiH](C)C)[SiH](C)C.C[SiH](C)NC(=O)N(CN=C=O)[SiH](C)C.C[SiH](C)N[SiH](C)C.C[SiH](C)N[SiH](C)C.O=C=NCN=C=O. The topological polar surface area (TPSA) is 209 Å². The summed E-state index contributed by atoms with van der Waals surface area (Å²) in [5, 5.41) is 0. The minimum atomic E-state index is -1.32.